The van der Waals surface area contributed by atoms with Crippen molar-refractivity contribution in [1.29, 1.82) is 0 Å². The third-order valence-corrected chi connectivity index (χ3v) is 8.33. The van der Waals surface area contributed by atoms with Crippen molar-refractivity contribution in [3.8, 4) is 17.1 Å². The Balaban J connectivity index is 1.34. The summed E-state index contributed by atoms with van der Waals surface area (Å²) in [4.78, 5) is 42.4. The molecular weight excluding hydrogens is 524 g/mol. The van der Waals surface area contributed by atoms with Crippen molar-refractivity contribution in [2.24, 2.45) is 0 Å². The van der Waals surface area contributed by atoms with Crippen LogP contribution in [0, 0.1) is 0 Å². The molecular formula is C27H25ClN6O3S. The monoisotopic (exact) mass is 548 g/mol. The first-order valence-corrected chi connectivity index (χ1v) is 13.6. The van der Waals surface area contributed by atoms with E-state index in [1.807, 2.05) is 35.2 Å². The van der Waals surface area contributed by atoms with Crippen molar-refractivity contribution in [2.75, 3.05) is 19.0 Å². The van der Waals surface area contributed by atoms with E-state index in [2.05, 4.69) is 15.6 Å². The zero-order chi connectivity index (χ0) is 26.2. The summed E-state index contributed by atoms with van der Waals surface area (Å²) in [6.07, 6.45) is 5.10. The third-order valence-electron chi connectivity index (χ3n) is 6.92. The summed E-state index contributed by atoms with van der Waals surface area (Å²) in [6.45, 7) is 1.60. The lowest BCUT2D eigenvalue weighted by atomic mass is 10.0. The number of aromatic nitrogens is 3. The van der Waals surface area contributed by atoms with Crippen LogP contribution in [0.2, 0.25) is 5.02 Å². The average molecular weight is 549 g/mol. The van der Waals surface area contributed by atoms with Crippen LogP contribution in [-0.2, 0) is 29.1 Å². The summed E-state index contributed by atoms with van der Waals surface area (Å²) in [5, 5.41) is 7.85. The van der Waals surface area contributed by atoms with E-state index in [0.717, 1.165) is 32.0 Å². The van der Waals surface area contributed by atoms with Gasteiger partial charge >= 0.3 is 0 Å². The van der Waals surface area contributed by atoms with Gasteiger partial charge in [-0.05, 0) is 48.2 Å². The highest BCUT2D eigenvalue weighted by molar-refractivity contribution is 7.19. The van der Waals surface area contributed by atoms with Crippen LogP contribution in [0.1, 0.15) is 28.8 Å². The number of pyridine rings is 1. The number of fused-ring (bicyclic) bond motifs is 3. The van der Waals surface area contributed by atoms with Crippen molar-refractivity contribution in [3.63, 3.8) is 0 Å². The van der Waals surface area contributed by atoms with Gasteiger partial charge in [0.2, 0.25) is 11.8 Å². The number of carbonyl (C=O) groups is 2. The Bertz CT molecular complexity index is 1540. The molecule has 6 rings (SSSR count). The molecule has 2 N–H and O–H groups in total. The number of nitrogens with one attached hydrogen (secondary N) is 2. The van der Waals surface area contributed by atoms with Crippen molar-refractivity contribution in [3.05, 3.63) is 63.8 Å². The molecule has 3 aromatic heterocycles. The van der Waals surface area contributed by atoms with Crippen molar-refractivity contribution >= 4 is 50.8 Å². The first kappa shape index (κ1) is 24.6. The second-order valence-corrected chi connectivity index (χ2v) is 10.8. The highest BCUT2D eigenvalue weighted by atomic mass is 35.5. The van der Waals surface area contributed by atoms with E-state index in [1.165, 1.54) is 5.56 Å². The number of thiophene rings is 1. The lowest BCUT2D eigenvalue weighted by Crippen LogP contribution is -2.46. The smallest absolute Gasteiger partial charge is 0.245 e. The van der Waals surface area contributed by atoms with Crippen LogP contribution in [0.5, 0.6) is 5.75 Å². The van der Waals surface area contributed by atoms with E-state index >= 15 is 0 Å². The van der Waals surface area contributed by atoms with Crippen LogP contribution < -0.4 is 15.4 Å². The minimum absolute atomic E-state index is 0.0164. The number of rotatable bonds is 6. The van der Waals surface area contributed by atoms with Crippen LogP contribution in [0.4, 0.5) is 5.82 Å². The summed E-state index contributed by atoms with van der Waals surface area (Å²) < 4.78 is 5.27. The Morgan fingerprint density at radius 2 is 2.08 bits per heavy atom. The molecule has 1 saturated heterocycles. The number of ether oxygens (including phenoxy) is 1. The molecule has 1 unspecified atom stereocenters. The molecule has 4 aromatic rings. The first-order valence-electron chi connectivity index (χ1n) is 12.4. The van der Waals surface area contributed by atoms with E-state index in [0.29, 0.717) is 55.5 Å². The molecule has 2 amide bonds. The van der Waals surface area contributed by atoms with E-state index in [1.54, 1.807) is 30.8 Å². The molecule has 38 heavy (non-hydrogen) atoms. The Labute approximate surface area is 228 Å². The van der Waals surface area contributed by atoms with Crippen LogP contribution in [0.25, 0.3) is 21.6 Å². The second-order valence-electron chi connectivity index (χ2n) is 9.31. The Kier molecular flexibility index (Phi) is 6.59. The van der Waals surface area contributed by atoms with Crippen molar-refractivity contribution < 1.29 is 14.3 Å². The number of methoxy groups -OCH3 is 1. The summed E-state index contributed by atoms with van der Waals surface area (Å²) in [6, 6.07) is 9.04. The minimum Gasteiger partial charge on any atom is -0.495 e. The lowest BCUT2D eigenvalue weighted by molar-refractivity contribution is -0.135. The molecule has 1 aromatic carbocycles. The largest absolute Gasteiger partial charge is 0.495 e. The van der Waals surface area contributed by atoms with Crippen molar-refractivity contribution in [2.45, 2.75) is 38.4 Å². The first-order chi connectivity index (χ1) is 18.5. The van der Waals surface area contributed by atoms with Crippen LogP contribution in [0.3, 0.4) is 0 Å². The number of anilines is 1. The zero-order valence-corrected chi connectivity index (χ0v) is 22.2. The predicted octanol–water partition coefficient (Wildman–Crippen LogP) is 4.19. The molecule has 0 saturated carbocycles. The van der Waals surface area contributed by atoms with Gasteiger partial charge in [-0.25, -0.2) is 9.97 Å². The fourth-order valence-corrected chi connectivity index (χ4v) is 6.48. The fourth-order valence-electron chi connectivity index (χ4n) is 4.97. The van der Waals surface area contributed by atoms with E-state index in [-0.39, 0.29) is 11.8 Å². The topological polar surface area (TPSA) is 109 Å². The number of carbonyl (C=O) groups excluding carboxylic acids is 2. The summed E-state index contributed by atoms with van der Waals surface area (Å²) in [5.41, 5.74) is 3.03. The fraction of sp³-hybridized carbons (Fsp3) is 0.296. The van der Waals surface area contributed by atoms with Gasteiger partial charge in [0.25, 0.3) is 0 Å². The van der Waals surface area contributed by atoms with Gasteiger partial charge in [-0.3, -0.25) is 14.6 Å². The number of nitrogens with zero attached hydrogens (tertiary/aromatic N) is 4. The standard InChI is InChI=1S/C27H25ClN6O3S/c1-37-20-4-2-15(12-18(20)28)13-30-25-23-17-8-11-34(27(36)19-3-5-22(35)31-19)14-21(17)38-26(23)33-24(32-25)16-6-9-29-10-7-16/h2,4,6-7,9-10,12,19H,3,5,8,11,13-14H2,1H3,(H,31,35)(H,30,32,33). The highest BCUT2D eigenvalue weighted by Crippen LogP contribution is 2.39. The zero-order valence-electron chi connectivity index (χ0n) is 20.7. The molecule has 194 valence electrons. The third kappa shape index (κ3) is 4.65. The van der Waals surface area contributed by atoms with Gasteiger partial charge in [0.1, 0.15) is 22.4 Å². The normalized spacial score (nSPS) is 16.8. The molecule has 9 nitrogen and oxygen atoms in total. The molecule has 1 atom stereocenters. The number of halogens is 1. The van der Waals surface area contributed by atoms with Crippen LogP contribution >= 0.6 is 22.9 Å². The van der Waals surface area contributed by atoms with E-state index in [9.17, 15) is 9.59 Å². The van der Waals surface area contributed by atoms with Gasteiger partial charge in [-0.2, -0.15) is 0 Å². The van der Waals surface area contributed by atoms with Gasteiger partial charge in [0.15, 0.2) is 5.82 Å². The molecule has 5 heterocycles. The lowest BCUT2D eigenvalue weighted by Gasteiger charge is -2.29. The van der Waals surface area contributed by atoms with E-state index in [4.69, 9.17) is 26.3 Å². The number of hydrogen-bond donors (Lipinski definition) is 2. The SMILES string of the molecule is COc1ccc(CNc2nc(-c3ccncc3)nc3sc4c(c23)CCN(C(=O)C2CCC(=O)N2)C4)cc1Cl. The van der Waals surface area contributed by atoms with Gasteiger partial charge in [-0.1, -0.05) is 17.7 Å². The van der Waals surface area contributed by atoms with Crippen LogP contribution in [-0.4, -0.2) is 51.4 Å². The Morgan fingerprint density at radius 3 is 2.82 bits per heavy atom. The summed E-state index contributed by atoms with van der Waals surface area (Å²) in [7, 11) is 1.59. The number of amides is 2. The van der Waals surface area contributed by atoms with Crippen LogP contribution in [0.15, 0.2) is 42.7 Å². The van der Waals surface area contributed by atoms with Gasteiger partial charge in [0.05, 0.1) is 24.1 Å². The molecule has 2 aliphatic rings. The molecule has 11 heteroatoms. The quantitative estimate of drug-likeness (QED) is 0.372. The Hall–Kier alpha value is -3.76. The molecule has 2 aliphatic heterocycles. The molecule has 1 fully saturated rings. The van der Waals surface area contributed by atoms with Gasteiger partial charge < -0.3 is 20.3 Å². The minimum atomic E-state index is -0.426. The Morgan fingerprint density at radius 1 is 1.24 bits per heavy atom. The molecule has 0 bridgehead atoms. The maximum atomic E-state index is 13.1. The van der Waals surface area contributed by atoms with Gasteiger partial charge in [-0.15, -0.1) is 11.3 Å². The number of hydrogen-bond acceptors (Lipinski definition) is 8. The maximum Gasteiger partial charge on any atom is 0.245 e. The average Bonchev–Trinajstić information content (AvgIpc) is 3.54. The van der Waals surface area contributed by atoms with E-state index < -0.39 is 6.04 Å². The van der Waals surface area contributed by atoms with Gasteiger partial charge in [0, 0.05) is 42.3 Å². The summed E-state index contributed by atoms with van der Waals surface area (Å²) in [5.74, 6) is 1.90. The molecule has 0 radical (unpaired) electrons. The maximum absolute atomic E-state index is 13.1. The number of benzene rings is 1. The predicted molar refractivity (Wildman–Crippen MR) is 146 cm³/mol. The summed E-state index contributed by atoms with van der Waals surface area (Å²) >= 11 is 7.94. The highest BCUT2D eigenvalue weighted by Gasteiger charge is 2.34. The van der Waals surface area contributed by atoms with Crippen molar-refractivity contribution in [1.82, 2.24) is 25.2 Å². The second kappa shape index (κ2) is 10.2. The molecule has 0 spiro atoms. The molecule has 0 aliphatic carbocycles.